The fraction of sp³-hybridized carbons (Fsp3) is 0.500. The highest BCUT2D eigenvalue weighted by molar-refractivity contribution is 5.81. The average molecular weight is 553 g/mol. The molecule has 1 amide bonds. The number of hydrogen-bond donors (Lipinski definition) is 2. The van der Waals surface area contributed by atoms with E-state index in [2.05, 4.69) is 5.32 Å². The molecule has 0 spiro atoms. The number of carbonyl (C=O) groups is 3. The van der Waals surface area contributed by atoms with Gasteiger partial charge in [-0.15, -0.1) is 10.1 Å². The van der Waals surface area contributed by atoms with Gasteiger partial charge in [-0.05, 0) is 61.1 Å². The Bertz CT molecular complexity index is 1190. The van der Waals surface area contributed by atoms with Crippen LogP contribution in [0.3, 0.4) is 0 Å². The fourth-order valence-electron chi connectivity index (χ4n) is 6.09. The van der Waals surface area contributed by atoms with Crippen LogP contribution >= 0.6 is 0 Å². The quantitative estimate of drug-likeness (QED) is 0.209. The molecule has 2 aliphatic carbocycles. The van der Waals surface area contributed by atoms with E-state index in [0.717, 1.165) is 16.7 Å². The van der Waals surface area contributed by atoms with Gasteiger partial charge in [0.25, 0.3) is 5.09 Å². The molecule has 2 N–H and O–H groups in total. The molecule has 6 atom stereocenters. The minimum absolute atomic E-state index is 0.00485. The van der Waals surface area contributed by atoms with E-state index in [1.807, 2.05) is 54.6 Å². The van der Waals surface area contributed by atoms with Crippen molar-refractivity contribution in [2.24, 2.45) is 17.8 Å². The summed E-state index contributed by atoms with van der Waals surface area (Å²) in [5.74, 6) is -2.36. The lowest BCUT2D eigenvalue weighted by atomic mass is 9.95. The minimum Gasteiger partial charge on any atom is -0.481 e. The van der Waals surface area contributed by atoms with Crippen molar-refractivity contribution in [3.8, 4) is 11.1 Å². The van der Waals surface area contributed by atoms with Gasteiger partial charge in [0.05, 0.1) is 12.3 Å². The zero-order valence-corrected chi connectivity index (χ0v) is 22.6. The minimum atomic E-state index is -0.935. The summed E-state index contributed by atoms with van der Waals surface area (Å²) in [7, 11) is 0. The molecule has 0 bridgehead atoms. The largest absolute Gasteiger partial charge is 0.481 e. The molecule has 2 aliphatic rings. The van der Waals surface area contributed by atoms with Gasteiger partial charge in [-0.3, -0.25) is 14.4 Å². The first kappa shape index (κ1) is 29.0. The SMILES string of the molecule is CC(C[C@@H](Cc1ccc(-c2ccccc2)cc1)NC(=O)CCC(=O)OC1CCC2C1CC[C@H]2O[N+](=O)[O-])C(=O)O. The van der Waals surface area contributed by atoms with Crippen LogP contribution in [-0.4, -0.2) is 46.3 Å². The van der Waals surface area contributed by atoms with E-state index >= 15 is 0 Å². The molecule has 0 saturated heterocycles. The van der Waals surface area contributed by atoms with Gasteiger partial charge in [-0.2, -0.15) is 0 Å². The molecule has 0 aliphatic heterocycles. The molecule has 0 radical (unpaired) electrons. The maximum Gasteiger partial charge on any atom is 0.306 e. The average Bonchev–Trinajstić information content (AvgIpc) is 3.51. The summed E-state index contributed by atoms with van der Waals surface area (Å²) < 4.78 is 5.65. The number of esters is 1. The van der Waals surface area contributed by atoms with E-state index in [9.17, 15) is 29.6 Å². The lowest BCUT2D eigenvalue weighted by molar-refractivity contribution is -0.770. The van der Waals surface area contributed by atoms with E-state index in [-0.39, 0.29) is 43.1 Å². The molecule has 10 heteroatoms. The number of carboxylic acid groups (broad SMARTS) is 1. The monoisotopic (exact) mass is 552 g/mol. The highest BCUT2D eigenvalue weighted by Gasteiger charge is 2.48. The van der Waals surface area contributed by atoms with Crippen LogP contribution in [0.1, 0.15) is 57.4 Å². The van der Waals surface area contributed by atoms with Crippen molar-refractivity contribution in [2.75, 3.05) is 0 Å². The van der Waals surface area contributed by atoms with Crippen molar-refractivity contribution in [3.05, 3.63) is 70.3 Å². The van der Waals surface area contributed by atoms with E-state index < -0.39 is 35.1 Å². The summed E-state index contributed by atoms with van der Waals surface area (Å²) in [5, 5.41) is 22.3. The molecular formula is C30H36N2O8. The Labute approximate surface area is 233 Å². The molecular weight excluding hydrogens is 516 g/mol. The van der Waals surface area contributed by atoms with Crippen LogP contribution in [0.5, 0.6) is 0 Å². The number of hydrogen-bond acceptors (Lipinski definition) is 7. The normalized spacial score (nSPS) is 23.0. The summed E-state index contributed by atoms with van der Waals surface area (Å²) in [6.45, 7) is 1.61. The predicted octanol–water partition coefficient (Wildman–Crippen LogP) is 4.58. The first-order valence-electron chi connectivity index (χ1n) is 13.9. The molecule has 2 fully saturated rings. The Morgan fingerprint density at radius 2 is 1.57 bits per heavy atom. The van der Waals surface area contributed by atoms with Crippen LogP contribution < -0.4 is 5.32 Å². The predicted molar refractivity (Wildman–Crippen MR) is 145 cm³/mol. The Balaban J connectivity index is 1.28. The molecule has 10 nitrogen and oxygen atoms in total. The van der Waals surface area contributed by atoms with Gasteiger partial charge in [0.1, 0.15) is 12.2 Å². The Kier molecular flexibility index (Phi) is 9.74. The number of carbonyl (C=O) groups excluding carboxylic acids is 2. The highest BCUT2D eigenvalue weighted by atomic mass is 17.0. The van der Waals surface area contributed by atoms with Crippen molar-refractivity contribution in [2.45, 2.75) is 76.5 Å². The third kappa shape index (κ3) is 7.80. The van der Waals surface area contributed by atoms with Gasteiger partial charge in [0, 0.05) is 18.4 Å². The molecule has 214 valence electrons. The smallest absolute Gasteiger partial charge is 0.306 e. The van der Waals surface area contributed by atoms with Gasteiger partial charge in [0.15, 0.2) is 0 Å². The number of benzene rings is 2. The molecule has 0 heterocycles. The van der Waals surface area contributed by atoms with Crippen molar-refractivity contribution in [3.63, 3.8) is 0 Å². The van der Waals surface area contributed by atoms with Gasteiger partial charge in [-0.1, -0.05) is 61.5 Å². The van der Waals surface area contributed by atoms with Gasteiger partial charge < -0.3 is 20.0 Å². The summed E-state index contributed by atoms with van der Waals surface area (Å²) in [5.41, 5.74) is 3.12. The summed E-state index contributed by atoms with van der Waals surface area (Å²) >= 11 is 0. The van der Waals surface area contributed by atoms with Crippen LogP contribution in [0.2, 0.25) is 0 Å². The second-order valence-electron chi connectivity index (χ2n) is 10.9. The van der Waals surface area contributed by atoms with E-state index in [4.69, 9.17) is 9.57 Å². The van der Waals surface area contributed by atoms with Crippen molar-refractivity contribution in [1.29, 1.82) is 0 Å². The molecule has 2 aromatic rings. The third-order valence-electron chi connectivity index (χ3n) is 8.10. The van der Waals surface area contributed by atoms with Gasteiger partial charge in [0.2, 0.25) is 5.91 Å². The van der Waals surface area contributed by atoms with Crippen LogP contribution in [0.4, 0.5) is 0 Å². The Hall–Kier alpha value is -3.95. The van der Waals surface area contributed by atoms with E-state index in [1.54, 1.807) is 6.92 Å². The number of carboxylic acids is 1. The summed E-state index contributed by atoms with van der Waals surface area (Å²) in [6.07, 6.45) is 2.39. The second kappa shape index (κ2) is 13.4. The molecule has 4 unspecified atom stereocenters. The third-order valence-corrected chi connectivity index (χ3v) is 8.10. The van der Waals surface area contributed by atoms with Crippen LogP contribution in [-0.2, 0) is 30.4 Å². The summed E-state index contributed by atoms with van der Waals surface area (Å²) in [6, 6.07) is 17.5. The van der Waals surface area contributed by atoms with Crippen LogP contribution in [0.25, 0.3) is 11.1 Å². The van der Waals surface area contributed by atoms with E-state index in [0.29, 0.717) is 32.1 Å². The second-order valence-corrected chi connectivity index (χ2v) is 10.9. The maximum absolute atomic E-state index is 12.8. The van der Waals surface area contributed by atoms with E-state index in [1.165, 1.54) is 0 Å². The lowest BCUT2D eigenvalue weighted by Gasteiger charge is -2.22. The standard InChI is InChI=1S/C30H36N2O8/c1-19(30(35)36)17-23(18-20-7-9-22(10-8-20)21-5-3-2-4-6-21)31-28(33)15-16-29(34)39-26-13-11-25-24(26)12-14-27(25)40-32(37)38/h2-10,19,23-27H,11-18H2,1H3,(H,31,33)(H,35,36)/t19?,23-,24?,25?,26?,27+/m0/s1. The van der Waals surface area contributed by atoms with Gasteiger partial charge >= 0.3 is 11.9 Å². The maximum atomic E-state index is 12.8. The topological polar surface area (TPSA) is 145 Å². The van der Waals surface area contributed by atoms with Crippen LogP contribution in [0.15, 0.2) is 54.6 Å². The number of amides is 1. The number of aliphatic carboxylic acids is 1. The number of ether oxygens (including phenoxy) is 1. The number of rotatable bonds is 13. The number of fused-ring (bicyclic) bond motifs is 1. The molecule has 40 heavy (non-hydrogen) atoms. The molecule has 0 aromatic heterocycles. The fourth-order valence-corrected chi connectivity index (χ4v) is 6.09. The number of nitrogens with one attached hydrogen (secondary N) is 1. The Morgan fingerprint density at radius 1 is 0.950 bits per heavy atom. The van der Waals surface area contributed by atoms with Crippen molar-refractivity contribution in [1.82, 2.24) is 5.32 Å². The van der Waals surface area contributed by atoms with Crippen molar-refractivity contribution < 1.29 is 34.2 Å². The molecule has 2 aromatic carbocycles. The summed E-state index contributed by atoms with van der Waals surface area (Å²) in [4.78, 5) is 52.3. The van der Waals surface area contributed by atoms with Crippen molar-refractivity contribution >= 4 is 17.8 Å². The number of nitrogens with zero attached hydrogens (tertiary/aromatic N) is 1. The first-order valence-corrected chi connectivity index (χ1v) is 13.9. The zero-order valence-electron chi connectivity index (χ0n) is 22.6. The molecule has 4 rings (SSSR count). The zero-order chi connectivity index (χ0) is 28.6. The van der Waals surface area contributed by atoms with Crippen LogP contribution in [0, 0.1) is 27.9 Å². The highest BCUT2D eigenvalue weighted by Crippen LogP contribution is 2.46. The van der Waals surface area contributed by atoms with Gasteiger partial charge in [-0.25, -0.2) is 0 Å². The molecule has 2 saturated carbocycles. The Morgan fingerprint density at radius 3 is 2.23 bits per heavy atom. The lowest BCUT2D eigenvalue weighted by Crippen LogP contribution is -2.39. The first-order chi connectivity index (χ1) is 19.2.